The van der Waals surface area contributed by atoms with Crippen LogP contribution in [0.4, 0.5) is 0 Å². The molecule has 17 heavy (non-hydrogen) atoms. The largest absolute Gasteiger partial charge is 0.297 e. The zero-order valence-corrected chi connectivity index (χ0v) is 10.6. The molecule has 1 aromatic heterocycles. The van der Waals surface area contributed by atoms with Crippen LogP contribution in [0.1, 0.15) is 31.4 Å². The summed E-state index contributed by atoms with van der Waals surface area (Å²) >= 11 is 5.31. The summed E-state index contributed by atoms with van der Waals surface area (Å²) in [6.07, 6.45) is 3.45. The maximum Gasteiger partial charge on any atom is 0.195 e. The summed E-state index contributed by atoms with van der Waals surface area (Å²) in [5.74, 6) is 0.995. The molecule has 1 aliphatic rings. The Hall–Kier alpha value is -1.42. The summed E-state index contributed by atoms with van der Waals surface area (Å²) in [6, 6.07) is 8.97. The minimum Gasteiger partial charge on any atom is -0.297 e. The van der Waals surface area contributed by atoms with Crippen LogP contribution < -0.4 is 0 Å². The topological polar surface area (TPSA) is 33.6 Å². The number of hydrogen-bond donors (Lipinski definition) is 1. The molecule has 1 saturated carbocycles. The van der Waals surface area contributed by atoms with E-state index in [-0.39, 0.29) is 0 Å². The quantitative estimate of drug-likeness (QED) is 0.840. The van der Waals surface area contributed by atoms with Gasteiger partial charge in [0.25, 0.3) is 0 Å². The first kappa shape index (κ1) is 10.7. The average molecular weight is 245 g/mol. The first-order valence-corrected chi connectivity index (χ1v) is 6.47. The second-order valence-corrected chi connectivity index (χ2v) is 4.85. The Kier molecular flexibility index (Phi) is 2.59. The number of aromatic amines is 1. The standard InChI is InChI=1S/C13H15N3S/c1-2-9-5-3-4-6-11(9)12-14-15-13(17)16(12)10-7-8-10/h3-6,10H,2,7-8H2,1H3,(H,15,17). The summed E-state index contributed by atoms with van der Waals surface area (Å²) in [4.78, 5) is 0. The van der Waals surface area contributed by atoms with Crippen LogP contribution in [0.25, 0.3) is 11.4 Å². The van der Waals surface area contributed by atoms with Gasteiger partial charge in [-0.05, 0) is 37.0 Å². The van der Waals surface area contributed by atoms with Gasteiger partial charge in [-0.15, -0.1) is 0 Å². The van der Waals surface area contributed by atoms with Gasteiger partial charge in [0.15, 0.2) is 10.6 Å². The fourth-order valence-corrected chi connectivity index (χ4v) is 2.49. The molecule has 1 aromatic carbocycles. The Morgan fingerprint density at radius 2 is 2.18 bits per heavy atom. The molecule has 4 heteroatoms. The number of H-pyrrole nitrogens is 1. The monoisotopic (exact) mass is 245 g/mol. The molecule has 3 nitrogen and oxygen atoms in total. The fourth-order valence-electron chi connectivity index (χ4n) is 2.21. The van der Waals surface area contributed by atoms with Crippen molar-refractivity contribution < 1.29 is 0 Å². The molecule has 1 fully saturated rings. The SMILES string of the molecule is CCc1ccccc1-c1n[nH]c(=S)n1C1CC1. The van der Waals surface area contributed by atoms with Crippen molar-refractivity contribution in [3.63, 3.8) is 0 Å². The number of rotatable bonds is 3. The zero-order valence-electron chi connectivity index (χ0n) is 9.81. The van der Waals surface area contributed by atoms with E-state index in [1.165, 1.54) is 24.0 Å². The van der Waals surface area contributed by atoms with Crippen LogP contribution in [0.3, 0.4) is 0 Å². The molecule has 0 radical (unpaired) electrons. The van der Waals surface area contributed by atoms with Crippen molar-refractivity contribution in [3.8, 4) is 11.4 Å². The summed E-state index contributed by atoms with van der Waals surface area (Å²) < 4.78 is 2.91. The van der Waals surface area contributed by atoms with Crippen molar-refractivity contribution in [1.29, 1.82) is 0 Å². The lowest BCUT2D eigenvalue weighted by atomic mass is 10.0. The summed E-state index contributed by atoms with van der Waals surface area (Å²) in [7, 11) is 0. The normalized spacial score (nSPS) is 15.1. The average Bonchev–Trinajstić information content (AvgIpc) is 3.12. The van der Waals surface area contributed by atoms with E-state index < -0.39 is 0 Å². The van der Waals surface area contributed by atoms with Gasteiger partial charge in [-0.3, -0.25) is 9.67 Å². The lowest BCUT2D eigenvalue weighted by Gasteiger charge is -2.08. The lowest BCUT2D eigenvalue weighted by molar-refractivity contribution is 0.734. The number of aromatic nitrogens is 3. The predicted molar refractivity (Wildman–Crippen MR) is 70.5 cm³/mol. The molecule has 88 valence electrons. The second-order valence-electron chi connectivity index (χ2n) is 4.46. The fraction of sp³-hybridized carbons (Fsp3) is 0.385. The van der Waals surface area contributed by atoms with Gasteiger partial charge in [0.2, 0.25) is 0 Å². The zero-order chi connectivity index (χ0) is 11.8. The highest BCUT2D eigenvalue weighted by Gasteiger charge is 2.28. The molecule has 1 heterocycles. The third-order valence-electron chi connectivity index (χ3n) is 3.26. The Labute approximate surface area is 105 Å². The van der Waals surface area contributed by atoms with Crippen LogP contribution in [-0.4, -0.2) is 14.8 Å². The molecule has 0 spiro atoms. The third kappa shape index (κ3) is 1.82. The Morgan fingerprint density at radius 3 is 2.88 bits per heavy atom. The van der Waals surface area contributed by atoms with Crippen LogP contribution in [0.5, 0.6) is 0 Å². The number of nitrogens with zero attached hydrogens (tertiary/aromatic N) is 2. The molecule has 0 aliphatic heterocycles. The van der Waals surface area contributed by atoms with Crippen LogP contribution >= 0.6 is 12.2 Å². The van der Waals surface area contributed by atoms with Gasteiger partial charge < -0.3 is 0 Å². The summed E-state index contributed by atoms with van der Waals surface area (Å²) in [6.45, 7) is 2.17. The van der Waals surface area contributed by atoms with Crippen molar-refractivity contribution in [2.24, 2.45) is 0 Å². The molecule has 0 atom stereocenters. The number of aryl methyl sites for hydroxylation is 1. The second kappa shape index (κ2) is 4.11. The molecule has 0 bridgehead atoms. The number of benzene rings is 1. The summed E-state index contributed by atoms with van der Waals surface area (Å²) in [5, 5.41) is 7.33. The van der Waals surface area contributed by atoms with Crippen molar-refractivity contribution in [2.45, 2.75) is 32.2 Å². The molecular weight excluding hydrogens is 230 g/mol. The molecule has 2 aromatic rings. The van der Waals surface area contributed by atoms with E-state index in [0.717, 1.165) is 17.0 Å². The van der Waals surface area contributed by atoms with Gasteiger partial charge in [-0.25, -0.2) is 0 Å². The first-order valence-electron chi connectivity index (χ1n) is 6.06. The van der Waals surface area contributed by atoms with E-state index >= 15 is 0 Å². The highest BCUT2D eigenvalue weighted by Crippen LogP contribution is 2.38. The lowest BCUT2D eigenvalue weighted by Crippen LogP contribution is -1.99. The van der Waals surface area contributed by atoms with E-state index in [1.807, 2.05) is 0 Å². The van der Waals surface area contributed by atoms with Crippen molar-refractivity contribution >= 4 is 12.2 Å². The maximum atomic E-state index is 5.31. The van der Waals surface area contributed by atoms with Gasteiger partial charge in [0, 0.05) is 11.6 Å². The molecule has 0 unspecified atom stereocenters. The van der Waals surface area contributed by atoms with Crippen molar-refractivity contribution in [2.75, 3.05) is 0 Å². The van der Waals surface area contributed by atoms with Crippen molar-refractivity contribution in [3.05, 3.63) is 34.6 Å². The highest BCUT2D eigenvalue weighted by molar-refractivity contribution is 7.71. The molecule has 0 saturated heterocycles. The molecular formula is C13H15N3S. The molecule has 1 N–H and O–H groups in total. The number of nitrogens with one attached hydrogen (secondary N) is 1. The first-order chi connectivity index (χ1) is 8.31. The summed E-state index contributed by atoms with van der Waals surface area (Å²) in [5.41, 5.74) is 2.53. The third-order valence-corrected chi connectivity index (χ3v) is 3.54. The maximum absolute atomic E-state index is 5.31. The minimum atomic E-state index is 0.557. The predicted octanol–water partition coefficient (Wildman–Crippen LogP) is 3.50. The van der Waals surface area contributed by atoms with Gasteiger partial charge in [0.05, 0.1) is 0 Å². The molecule has 3 rings (SSSR count). The Bertz CT molecular complexity index is 593. The highest BCUT2D eigenvalue weighted by atomic mass is 32.1. The number of hydrogen-bond acceptors (Lipinski definition) is 2. The Balaban J connectivity index is 2.18. The van der Waals surface area contributed by atoms with E-state index in [4.69, 9.17) is 12.2 Å². The van der Waals surface area contributed by atoms with E-state index in [9.17, 15) is 0 Å². The van der Waals surface area contributed by atoms with Gasteiger partial charge >= 0.3 is 0 Å². The van der Waals surface area contributed by atoms with Crippen LogP contribution in [-0.2, 0) is 6.42 Å². The van der Waals surface area contributed by atoms with E-state index in [1.54, 1.807) is 0 Å². The smallest absolute Gasteiger partial charge is 0.195 e. The molecule has 1 aliphatic carbocycles. The van der Waals surface area contributed by atoms with Crippen LogP contribution in [0.15, 0.2) is 24.3 Å². The van der Waals surface area contributed by atoms with Crippen molar-refractivity contribution in [1.82, 2.24) is 14.8 Å². The van der Waals surface area contributed by atoms with Gasteiger partial charge in [-0.1, -0.05) is 31.2 Å². The molecule has 0 amide bonds. The van der Waals surface area contributed by atoms with E-state index in [0.29, 0.717) is 6.04 Å². The van der Waals surface area contributed by atoms with Gasteiger partial charge in [-0.2, -0.15) is 5.10 Å². The Morgan fingerprint density at radius 1 is 1.41 bits per heavy atom. The van der Waals surface area contributed by atoms with Crippen LogP contribution in [0.2, 0.25) is 0 Å². The van der Waals surface area contributed by atoms with E-state index in [2.05, 4.69) is 46.0 Å². The van der Waals surface area contributed by atoms with Crippen LogP contribution in [0, 0.1) is 4.77 Å². The van der Waals surface area contributed by atoms with Gasteiger partial charge in [0.1, 0.15) is 0 Å². The minimum absolute atomic E-state index is 0.557.